The summed E-state index contributed by atoms with van der Waals surface area (Å²) in [5.41, 5.74) is 0.0524. The van der Waals surface area contributed by atoms with Crippen LogP contribution in [0.4, 0.5) is 0 Å². The molecule has 0 aromatic carbocycles. The van der Waals surface area contributed by atoms with E-state index in [4.69, 9.17) is 11.6 Å². The smallest absolute Gasteiger partial charge is 0.0635 e. The molecule has 1 aliphatic rings. The Balaban J connectivity index is 2.74. The highest BCUT2D eigenvalue weighted by molar-refractivity contribution is 6.23. The molecule has 0 amide bonds. The van der Waals surface area contributed by atoms with Crippen molar-refractivity contribution in [1.82, 2.24) is 0 Å². The van der Waals surface area contributed by atoms with E-state index < -0.39 is 0 Å². The molecule has 0 bridgehead atoms. The Morgan fingerprint density at radius 3 is 2.08 bits per heavy atom. The van der Waals surface area contributed by atoms with E-state index in [9.17, 15) is 5.11 Å². The minimum Gasteiger partial charge on any atom is -0.392 e. The molecular weight excluding hydrogens is 172 g/mol. The summed E-state index contributed by atoms with van der Waals surface area (Å²) in [4.78, 5) is -0.271. The Labute approximate surface area is 80.1 Å². The van der Waals surface area contributed by atoms with Crippen LogP contribution in [0.2, 0.25) is 0 Å². The zero-order valence-corrected chi connectivity index (χ0v) is 9.15. The van der Waals surface area contributed by atoms with Crippen LogP contribution in [-0.2, 0) is 0 Å². The quantitative estimate of drug-likeness (QED) is 0.631. The molecule has 1 nitrogen and oxygen atoms in total. The molecular formula is C10H19ClO. The number of aliphatic hydroxyl groups is 1. The predicted octanol–water partition coefficient (Wildman–Crippen LogP) is 2.80. The lowest BCUT2D eigenvalue weighted by Crippen LogP contribution is -2.36. The highest BCUT2D eigenvalue weighted by Crippen LogP contribution is 2.47. The average Bonchev–Trinajstić information content (AvgIpc) is 2.06. The first kappa shape index (κ1) is 10.3. The van der Waals surface area contributed by atoms with Gasteiger partial charge in [0.15, 0.2) is 0 Å². The van der Waals surface area contributed by atoms with Crippen LogP contribution in [0.1, 0.15) is 40.5 Å². The van der Waals surface area contributed by atoms with Crippen LogP contribution >= 0.6 is 11.6 Å². The molecule has 0 radical (unpaired) electrons. The Morgan fingerprint density at radius 1 is 1.42 bits per heavy atom. The molecule has 2 heteroatoms. The second-order valence-electron chi connectivity index (χ2n) is 5.14. The van der Waals surface area contributed by atoms with Gasteiger partial charge in [-0.05, 0) is 32.1 Å². The van der Waals surface area contributed by atoms with Crippen LogP contribution in [-0.4, -0.2) is 16.1 Å². The standard InChI is InChI=1S/C10H19ClO/c1-9(2)6-5-7(8(9)12)10(3,4)11/h7-8,12H,5-6H2,1-4H3/t7-,8+/m0/s1. The molecule has 0 saturated heterocycles. The maximum absolute atomic E-state index is 9.97. The third-order valence-electron chi connectivity index (χ3n) is 3.16. The van der Waals surface area contributed by atoms with E-state index in [-0.39, 0.29) is 22.3 Å². The van der Waals surface area contributed by atoms with Gasteiger partial charge >= 0.3 is 0 Å². The number of aliphatic hydroxyl groups excluding tert-OH is 1. The molecule has 0 aromatic heterocycles. The van der Waals surface area contributed by atoms with Gasteiger partial charge in [0.25, 0.3) is 0 Å². The Hall–Kier alpha value is 0.250. The van der Waals surface area contributed by atoms with Gasteiger partial charge in [0, 0.05) is 10.8 Å². The van der Waals surface area contributed by atoms with E-state index in [1.165, 1.54) is 0 Å². The van der Waals surface area contributed by atoms with Crippen molar-refractivity contribution < 1.29 is 5.11 Å². The molecule has 0 aromatic rings. The van der Waals surface area contributed by atoms with Crippen LogP contribution < -0.4 is 0 Å². The fourth-order valence-corrected chi connectivity index (χ4v) is 2.32. The van der Waals surface area contributed by atoms with Gasteiger partial charge in [0.1, 0.15) is 0 Å². The molecule has 12 heavy (non-hydrogen) atoms. The Morgan fingerprint density at radius 2 is 1.92 bits per heavy atom. The molecule has 1 fully saturated rings. The van der Waals surface area contributed by atoms with E-state index in [0.29, 0.717) is 0 Å². The monoisotopic (exact) mass is 190 g/mol. The summed E-state index contributed by atoms with van der Waals surface area (Å²) in [5, 5.41) is 9.97. The Kier molecular flexibility index (Phi) is 2.48. The van der Waals surface area contributed by atoms with Crippen molar-refractivity contribution >= 4 is 11.6 Å². The van der Waals surface area contributed by atoms with Crippen molar-refractivity contribution in [1.29, 1.82) is 0 Å². The van der Waals surface area contributed by atoms with Crippen molar-refractivity contribution in [2.24, 2.45) is 11.3 Å². The molecule has 1 rings (SSSR count). The number of hydrogen-bond donors (Lipinski definition) is 1. The fraction of sp³-hybridized carbons (Fsp3) is 1.00. The van der Waals surface area contributed by atoms with Gasteiger partial charge in [0.05, 0.1) is 6.10 Å². The lowest BCUT2D eigenvalue weighted by atomic mass is 9.83. The number of rotatable bonds is 1. The SMILES string of the molecule is CC(C)(Cl)[C@H]1CCC(C)(C)[C@@H]1O. The third-order valence-corrected chi connectivity index (χ3v) is 3.44. The molecule has 1 N–H and O–H groups in total. The van der Waals surface area contributed by atoms with Crippen molar-refractivity contribution in [3.8, 4) is 0 Å². The average molecular weight is 191 g/mol. The van der Waals surface area contributed by atoms with Crippen LogP contribution in [0.15, 0.2) is 0 Å². The van der Waals surface area contributed by atoms with Crippen molar-refractivity contribution in [3.05, 3.63) is 0 Å². The summed E-state index contributed by atoms with van der Waals surface area (Å²) in [7, 11) is 0. The van der Waals surface area contributed by atoms with Gasteiger partial charge in [-0.1, -0.05) is 13.8 Å². The maximum Gasteiger partial charge on any atom is 0.0635 e. The summed E-state index contributed by atoms with van der Waals surface area (Å²) in [6, 6.07) is 0. The van der Waals surface area contributed by atoms with E-state index in [1.54, 1.807) is 0 Å². The third kappa shape index (κ3) is 1.77. The highest BCUT2D eigenvalue weighted by Gasteiger charge is 2.46. The molecule has 2 atom stereocenters. The van der Waals surface area contributed by atoms with E-state index in [1.807, 2.05) is 13.8 Å². The zero-order valence-electron chi connectivity index (χ0n) is 8.39. The number of hydrogen-bond acceptors (Lipinski definition) is 1. The summed E-state index contributed by atoms with van der Waals surface area (Å²) in [5.74, 6) is 0.245. The number of halogens is 1. The molecule has 1 saturated carbocycles. The largest absolute Gasteiger partial charge is 0.392 e. The summed E-state index contributed by atoms with van der Waals surface area (Å²) in [6.45, 7) is 8.20. The van der Waals surface area contributed by atoms with Gasteiger partial charge in [-0.3, -0.25) is 0 Å². The first-order chi connectivity index (χ1) is 5.25. The van der Waals surface area contributed by atoms with Gasteiger partial charge in [-0.25, -0.2) is 0 Å². The van der Waals surface area contributed by atoms with Crippen molar-refractivity contribution in [3.63, 3.8) is 0 Å². The van der Waals surface area contributed by atoms with Crippen LogP contribution in [0.3, 0.4) is 0 Å². The summed E-state index contributed by atoms with van der Waals surface area (Å²) in [6.07, 6.45) is 1.88. The van der Waals surface area contributed by atoms with Gasteiger partial charge < -0.3 is 5.11 Å². The zero-order chi connectivity index (χ0) is 9.57. The van der Waals surface area contributed by atoms with Gasteiger partial charge in [0.2, 0.25) is 0 Å². The lowest BCUT2D eigenvalue weighted by molar-refractivity contribution is 0.0359. The normalized spacial score (nSPS) is 35.5. The van der Waals surface area contributed by atoms with E-state index in [0.717, 1.165) is 12.8 Å². The van der Waals surface area contributed by atoms with Crippen LogP contribution in [0.25, 0.3) is 0 Å². The van der Waals surface area contributed by atoms with E-state index >= 15 is 0 Å². The maximum atomic E-state index is 9.97. The predicted molar refractivity (Wildman–Crippen MR) is 52.4 cm³/mol. The van der Waals surface area contributed by atoms with Gasteiger partial charge in [-0.2, -0.15) is 0 Å². The molecule has 1 aliphatic carbocycles. The first-order valence-corrected chi connectivity index (χ1v) is 5.00. The number of alkyl halides is 1. The molecule has 0 unspecified atom stereocenters. The first-order valence-electron chi connectivity index (χ1n) is 4.62. The van der Waals surface area contributed by atoms with Crippen molar-refractivity contribution in [2.75, 3.05) is 0 Å². The highest BCUT2D eigenvalue weighted by atomic mass is 35.5. The van der Waals surface area contributed by atoms with Gasteiger partial charge in [-0.15, -0.1) is 11.6 Å². The molecule has 72 valence electrons. The second kappa shape index (κ2) is 2.88. The minimum atomic E-state index is -0.271. The Bertz CT molecular complexity index is 169. The van der Waals surface area contributed by atoms with Crippen LogP contribution in [0.5, 0.6) is 0 Å². The lowest BCUT2D eigenvalue weighted by Gasteiger charge is -2.32. The second-order valence-corrected chi connectivity index (χ2v) is 6.12. The van der Waals surface area contributed by atoms with E-state index in [2.05, 4.69) is 13.8 Å². The van der Waals surface area contributed by atoms with Crippen LogP contribution in [0, 0.1) is 11.3 Å². The topological polar surface area (TPSA) is 20.2 Å². The molecule has 0 heterocycles. The molecule has 0 aliphatic heterocycles. The molecule has 0 spiro atoms. The minimum absolute atomic E-state index is 0.0524. The van der Waals surface area contributed by atoms with Crippen molar-refractivity contribution in [2.45, 2.75) is 51.5 Å². The summed E-state index contributed by atoms with van der Waals surface area (Å²) >= 11 is 6.20. The fourth-order valence-electron chi connectivity index (χ4n) is 2.10. The summed E-state index contributed by atoms with van der Waals surface area (Å²) < 4.78 is 0.